The zero-order valence-electron chi connectivity index (χ0n) is 16.1. The smallest absolute Gasteiger partial charge is 0.222 e. The molecule has 0 radical (unpaired) electrons. The van der Waals surface area contributed by atoms with E-state index in [0.717, 1.165) is 69.8 Å². The fourth-order valence-electron chi connectivity index (χ4n) is 5.04. The number of aryl methyl sites for hydroxylation is 2. The molecule has 0 spiro atoms. The number of amides is 1. The largest absolute Gasteiger partial charge is 0.345 e. The van der Waals surface area contributed by atoms with Crippen molar-refractivity contribution >= 4 is 11.6 Å². The first-order chi connectivity index (χ1) is 13.2. The predicted molar refractivity (Wildman–Crippen MR) is 102 cm³/mol. The first-order valence-corrected chi connectivity index (χ1v) is 10.4. The lowest BCUT2D eigenvalue weighted by Gasteiger charge is -2.36. The van der Waals surface area contributed by atoms with E-state index in [9.17, 15) is 4.79 Å². The summed E-state index contributed by atoms with van der Waals surface area (Å²) in [6.07, 6.45) is 7.38. The second-order valence-corrected chi connectivity index (χ2v) is 8.55. The second-order valence-electron chi connectivity index (χ2n) is 8.55. The number of aromatic nitrogens is 4. The monoisotopic (exact) mass is 368 g/mol. The molecule has 3 aliphatic rings. The second kappa shape index (κ2) is 6.86. The number of hydrogen-bond acceptors (Lipinski definition) is 5. The van der Waals surface area contributed by atoms with Gasteiger partial charge < -0.3 is 9.80 Å². The molecule has 2 aliphatic heterocycles. The van der Waals surface area contributed by atoms with Crippen molar-refractivity contribution in [1.29, 1.82) is 0 Å². The van der Waals surface area contributed by atoms with Gasteiger partial charge in [-0.05, 0) is 69.2 Å². The zero-order valence-corrected chi connectivity index (χ0v) is 16.1. The van der Waals surface area contributed by atoms with Gasteiger partial charge in [-0.3, -0.25) is 4.79 Å². The quantitative estimate of drug-likeness (QED) is 0.824. The van der Waals surface area contributed by atoms with Crippen molar-refractivity contribution in [1.82, 2.24) is 29.6 Å². The van der Waals surface area contributed by atoms with E-state index in [0.29, 0.717) is 24.2 Å². The zero-order chi connectivity index (χ0) is 18.4. The first-order valence-electron chi connectivity index (χ1n) is 10.4. The van der Waals surface area contributed by atoms with Gasteiger partial charge in [-0.25, -0.2) is 0 Å². The summed E-state index contributed by atoms with van der Waals surface area (Å²) in [5.74, 6) is 2.39. The molecule has 0 N–H and O–H groups in total. The normalized spacial score (nSPS) is 24.7. The van der Waals surface area contributed by atoms with Gasteiger partial charge in [0, 0.05) is 32.5 Å². The molecule has 2 aromatic heterocycles. The first kappa shape index (κ1) is 17.1. The summed E-state index contributed by atoms with van der Waals surface area (Å²) in [7, 11) is 1.93. The van der Waals surface area contributed by atoms with Gasteiger partial charge in [0.05, 0.1) is 5.69 Å². The van der Waals surface area contributed by atoms with Crippen molar-refractivity contribution in [3.8, 4) is 0 Å². The Labute approximate surface area is 159 Å². The number of carbonyl (C=O) groups excluding carboxylic acids is 1. The average Bonchev–Trinajstić information content (AvgIpc) is 3.29. The lowest BCUT2D eigenvalue weighted by molar-refractivity contribution is -0.133. The number of carbonyl (C=O) groups is 1. The number of rotatable bonds is 3. The van der Waals surface area contributed by atoms with Gasteiger partial charge in [-0.15, -0.1) is 10.2 Å². The molecule has 4 heterocycles. The van der Waals surface area contributed by atoms with E-state index in [2.05, 4.69) is 21.2 Å². The Morgan fingerprint density at radius 2 is 1.96 bits per heavy atom. The maximum absolute atomic E-state index is 11.7. The van der Waals surface area contributed by atoms with Gasteiger partial charge in [0.2, 0.25) is 5.91 Å². The molecule has 7 nitrogen and oxygen atoms in total. The van der Waals surface area contributed by atoms with Crippen molar-refractivity contribution in [3.05, 3.63) is 23.1 Å². The summed E-state index contributed by atoms with van der Waals surface area (Å²) in [5, 5.41) is 13.8. The molecule has 1 atom stereocenters. The SMILES string of the molecule is CN1CC(CN2CCC(c3nnc4cc5c(nn34)CCC5)CC2)CCC1=O. The third kappa shape index (κ3) is 3.22. The van der Waals surface area contributed by atoms with Crippen molar-refractivity contribution in [2.45, 2.75) is 50.9 Å². The topological polar surface area (TPSA) is 66.6 Å². The van der Waals surface area contributed by atoms with Crippen molar-refractivity contribution in [3.63, 3.8) is 0 Å². The van der Waals surface area contributed by atoms with Gasteiger partial charge in [0.15, 0.2) is 11.5 Å². The molecule has 0 bridgehead atoms. The number of nitrogens with zero attached hydrogens (tertiary/aromatic N) is 6. The Morgan fingerprint density at radius 3 is 2.78 bits per heavy atom. The van der Waals surface area contributed by atoms with Crippen LogP contribution in [0.5, 0.6) is 0 Å². The van der Waals surface area contributed by atoms with Gasteiger partial charge in [0.1, 0.15) is 0 Å². The minimum Gasteiger partial charge on any atom is -0.345 e. The van der Waals surface area contributed by atoms with Crippen molar-refractivity contribution < 1.29 is 4.79 Å². The molecular formula is C20H28N6O. The minimum absolute atomic E-state index is 0.294. The molecular weight excluding hydrogens is 340 g/mol. The van der Waals surface area contributed by atoms with Crippen LogP contribution in [-0.4, -0.2) is 68.7 Å². The summed E-state index contributed by atoms with van der Waals surface area (Å²) < 4.78 is 2.01. The molecule has 144 valence electrons. The fraction of sp³-hybridized carbons (Fsp3) is 0.700. The number of fused-ring (bicyclic) bond motifs is 2. The Balaban J connectivity index is 1.23. The fourth-order valence-corrected chi connectivity index (χ4v) is 5.04. The maximum atomic E-state index is 11.7. The van der Waals surface area contributed by atoms with E-state index < -0.39 is 0 Å². The van der Waals surface area contributed by atoms with Crippen LogP contribution in [0.2, 0.25) is 0 Å². The Bertz CT molecular complexity index is 854. The molecule has 0 saturated carbocycles. The van der Waals surface area contributed by atoms with Crippen LogP contribution in [0, 0.1) is 5.92 Å². The molecule has 0 aromatic carbocycles. The number of piperidine rings is 2. The summed E-state index contributed by atoms with van der Waals surface area (Å²) in [6, 6.07) is 2.18. The molecule has 7 heteroatoms. The summed E-state index contributed by atoms with van der Waals surface area (Å²) >= 11 is 0. The average molecular weight is 368 g/mol. The summed E-state index contributed by atoms with van der Waals surface area (Å²) in [5.41, 5.74) is 3.49. The molecule has 1 aliphatic carbocycles. The van der Waals surface area contributed by atoms with E-state index in [4.69, 9.17) is 5.10 Å². The highest BCUT2D eigenvalue weighted by Gasteiger charge is 2.29. The van der Waals surface area contributed by atoms with Crippen molar-refractivity contribution in [2.75, 3.05) is 33.2 Å². The van der Waals surface area contributed by atoms with Crippen LogP contribution in [-0.2, 0) is 17.6 Å². The van der Waals surface area contributed by atoms with Crippen molar-refractivity contribution in [2.24, 2.45) is 5.92 Å². The van der Waals surface area contributed by atoms with Crippen LogP contribution in [0.15, 0.2) is 6.07 Å². The lowest BCUT2D eigenvalue weighted by atomic mass is 9.93. The molecule has 27 heavy (non-hydrogen) atoms. The van der Waals surface area contributed by atoms with Crippen LogP contribution >= 0.6 is 0 Å². The molecule has 2 saturated heterocycles. The molecule has 5 rings (SSSR count). The number of likely N-dealkylation sites (tertiary alicyclic amines) is 2. The molecule has 2 fully saturated rings. The third-order valence-electron chi connectivity index (χ3n) is 6.64. The summed E-state index contributed by atoms with van der Waals surface area (Å²) in [6.45, 7) is 4.21. The Hall–Kier alpha value is -2.02. The summed E-state index contributed by atoms with van der Waals surface area (Å²) in [4.78, 5) is 16.1. The molecule has 1 amide bonds. The van der Waals surface area contributed by atoms with E-state index in [1.165, 1.54) is 17.7 Å². The highest BCUT2D eigenvalue weighted by molar-refractivity contribution is 5.76. The van der Waals surface area contributed by atoms with Crippen LogP contribution in [0.1, 0.15) is 55.1 Å². The van der Waals surface area contributed by atoms with Crippen LogP contribution in [0.25, 0.3) is 5.65 Å². The molecule has 2 aromatic rings. The molecule has 1 unspecified atom stereocenters. The van der Waals surface area contributed by atoms with Gasteiger partial charge in [0.25, 0.3) is 0 Å². The predicted octanol–water partition coefficient (Wildman–Crippen LogP) is 1.66. The third-order valence-corrected chi connectivity index (χ3v) is 6.64. The highest BCUT2D eigenvalue weighted by Crippen LogP contribution is 2.29. The highest BCUT2D eigenvalue weighted by atomic mass is 16.2. The van der Waals surface area contributed by atoms with Crippen LogP contribution < -0.4 is 0 Å². The Morgan fingerprint density at radius 1 is 1.11 bits per heavy atom. The maximum Gasteiger partial charge on any atom is 0.222 e. The van der Waals surface area contributed by atoms with Gasteiger partial charge in [-0.1, -0.05) is 0 Å². The van der Waals surface area contributed by atoms with E-state index in [1.54, 1.807) is 0 Å². The van der Waals surface area contributed by atoms with E-state index >= 15 is 0 Å². The number of hydrogen-bond donors (Lipinski definition) is 0. The van der Waals surface area contributed by atoms with Crippen LogP contribution in [0.3, 0.4) is 0 Å². The lowest BCUT2D eigenvalue weighted by Crippen LogP contribution is -2.44. The van der Waals surface area contributed by atoms with Crippen LogP contribution in [0.4, 0.5) is 0 Å². The van der Waals surface area contributed by atoms with E-state index in [1.807, 2.05) is 16.5 Å². The van der Waals surface area contributed by atoms with E-state index in [-0.39, 0.29) is 0 Å². The van der Waals surface area contributed by atoms with Gasteiger partial charge in [-0.2, -0.15) is 9.61 Å². The van der Waals surface area contributed by atoms with Gasteiger partial charge >= 0.3 is 0 Å². The standard InChI is InChI=1S/C20H28N6O/c1-24-12-14(5-6-19(24)27)13-25-9-7-15(8-10-25)20-22-21-18-11-16-3-2-4-17(16)23-26(18)20/h11,14-15H,2-10,12-13H2,1H3. The minimum atomic E-state index is 0.294. The Kier molecular flexibility index (Phi) is 4.34.